The molecule has 0 bridgehead atoms. The number of carbonyl (C=O) groups is 2. The number of likely N-dealkylation sites (tertiary alicyclic amines) is 1. The summed E-state index contributed by atoms with van der Waals surface area (Å²) in [6, 6.07) is 0.223. The molecule has 23 heavy (non-hydrogen) atoms. The summed E-state index contributed by atoms with van der Waals surface area (Å²) in [7, 11) is 1.72. The standard InChI is InChI=1S/C16H31N5O2/c1-6-13(22)21-10-7-12(11-21)20-15(17-5)19-9-8-18-14(23)16(2,3)4/h12H,6-11H2,1-5H3,(H,18,23)(H2,17,19,20). The summed E-state index contributed by atoms with van der Waals surface area (Å²) >= 11 is 0. The van der Waals surface area contributed by atoms with E-state index in [0.717, 1.165) is 13.0 Å². The molecule has 0 aromatic rings. The smallest absolute Gasteiger partial charge is 0.225 e. The average Bonchev–Trinajstić information content (AvgIpc) is 2.96. The normalized spacial score (nSPS) is 18.7. The van der Waals surface area contributed by atoms with Gasteiger partial charge in [0.2, 0.25) is 11.8 Å². The van der Waals surface area contributed by atoms with Crippen molar-refractivity contribution in [1.82, 2.24) is 20.9 Å². The van der Waals surface area contributed by atoms with E-state index in [9.17, 15) is 9.59 Å². The number of guanidine groups is 1. The van der Waals surface area contributed by atoms with Gasteiger partial charge in [-0.1, -0.05) is 27.7 Å². The second kappa shape index (κ2) is 8.74. The van der Waals surface area contributed by atoms with Crippen LogP contribution in [-0.2, 0) is 9.59 Å². The second-order valence-corrected chi connectivity index (χ2v) is 6.83. The van der Waals surface area contributed by atoms with Crippen molar-refractivity contribution in [2.45, 2.75) is 46.6 Å². The Labute approximate surface area is 139 Å². The maximum Gasteiger partial charge on any atom is 0.225 e. The molecular formula is C16H31N5O2. The molecule has 1 unspecified atom stereocenters. The summed E-state index contributed by atoms with van der Waals surface area (Å²) in [5.41, 5.74) is -0.376. The van der Waals surface area contributed by atoms with Crippen LogP contribution in [0, 0.1) is 5.41 Å². The Morgan fingerprint density at radius 1 is 1.22 bits per heavy atom. The number of rotatable bonds is 5. The molecule has 132 valence electrons. The van der Waals surface area contributed by atoms with E-state index in [0.29, 0.717) is 32.0 Å². The SMILES string of the molecule is CCC(=O)N1CCC(NC(=NC)NCCNC(=O)C(C)(C)C)C1. The van der Waals surface area contributed by atoms with Crippen molar-refractivity contribution >= 4 is 17.8 Å². The predicted molar refractivity (Wildman–Crippen MR) is 92.2 cm³/mol. The minimum atomic E-state index is -0.376. The summed E-state index contributed by atoms with van der Waals surface area (Å²) in [4.78, 5) is 29.5. The molecule has 3 N–H and O–H groups in total. The average molecular weight is 325 g/mol. The lowest BCUT2D eigenvalue weighted by atomic mass is 9.96. The highest BCUT2D eigenvalue weighted by Crippen LogP contribution is 2.12. The van der Waals surface area contributed by atoms with E-state index in [1.165, 1.54) is 0 Å². The molecule has 7 nitrogen and oxygen atoms in total. The van der Waals surface area contributed by atoms with E-state index in [1.54, 1.807) is 7.05 Å². The van der Waals surface area contributed by atoms with Gasteiger partial charge in [0.05, 0.1) is 0 Å². The van der Waals surface area contributed by atoms with E-state index >= 15 is 0 Å². The van der Waals surface area contributed by atoms with Gasteiger partial charge in [-0.2, -0.15) is 0 Å². The highest BCUT2D eigenvalue weighted by Gasteiger charge is 2.25. The van der Waals surface area contributed by atoms with Crippen LogP contribution in [0.15, 0.2) is 4.99 Å². The number of amides is 2. The zero-order valence-corrected chi connectivity index (χ0v) is 15.0. The molecule has 0 aromatic carbocycles. The first-order valence-corrected chi connectivity index (χ1v) is 8.31. The molecule has 1 aliphatic rings. The van der Waals surface area contributed by atoms with Gasteiger partial charge < -0.3 is 20.9 Å². The fourth-order valence-electron chi connectivity index (χ4n) is 2.34. The maximum atomic E-state index is 11.8. The third kappa shape index (κ3) is 6.46. The minimum absolute atomic E-state index is 0.0340. The molecule has 0 aromatic heterocycles. The fourth-order valence-corrected chi connectivity index (χ4v) is 2.34. The number of carbonyl (C=O) groups excluding carboxylic acids is 2. The summed E-state index contributed by atoms with van der Waals surface area (Å²) in [5, 5.41) is 9.40. The van der Waals surface area contributed by atoms with Gasteiger partial charge in [-0.15, -0.1) is 0 Å². The number of hydrogen-bond acceptors (Lipinski definition) is 3. The number of aliphatic imine (C=N–C) groups is 1. The van der Waals surface area contributed by atoms with Crippen LogP contribution in [0.25, 0.3) is 0 Å². The molecule has 1 heterocycles. The molecule has 7 heteroatoms. The molecule has 0 saturated carbocycles. The summed E-state index contributed by atoms with van der Waals surface area (Å²) < 4.78 is 0. The largest absolute Gasteiger partial charge is 0.355 e. The van der Waals surface area contributed by atoms with Gasteiger partial charge in [0.15, 0.2) is 5.96 Å². The first kappa shape index (κ1) is 19.3. The van der Waals surface area contributed by atoms with Crippen LogP contribution in [0.2, 0.25) is 0 Å². The minimum Gasteiger partial charge on any atom is -0.355 e. The third-order valence-corrected chi connectivity index (χ3v) is 3.79. The van der Waals surface area contributed by atoms with Crippen molar-refractivity contribution in [3.8, 4) is 0 Å². The number of nitrogens with one attached hydrogen (secondary N) is 3. The molecule has 1 atom stereocenters. The quantitative estimate of drug-likeness (QED) is 0.386. The Hall–Kier alpha value is -1.79. The van der Waals surface area contributed by atoms with Gasteiger partial charge in [0.1, 0.15) is 0 Å². The molecule has 1 aliphatic heterocycles. The van der Waals surface area contributed by atoms with Gasteiger partial charge in [0, 0.05) is 51.1 Å². The van der Waals surface area contributed by atoms with Crippen molar-refractivity contribution in [2.75, 3.05) is 33.2 Å². The van der Waals surface area contributed by atoms with Gasteiger partial charge in [0.25, 0.3) is 0 Å². The van der Waals surface area contributed by atoms with E-state index in [4.69, 9.17) is 0 Å². The molecule has 0 aliphatic carbocycles. The molecule has 1 fully saturated rings. The van der Waals surface area contributed by atoms with Crippen molar-refractivity contribution in [3.63, 3.8) is 0 Å². The van der Waals surface area contributed by atoms with E-state index in [1.807, 2.05) is 32.6 Å². The van der Waals surface area contributed by atoms with Gasteiger partial charge in [-0.25, -0.2) is 0 Å². The number of hydrogen-bond donors (Lipinski definition) is 3. The van der Waals surface area contributed by atoms with Crippen molar-refractivity contribution < 1.29 is 9.59 Å². The molecule has 1 saturated heterocycles. The first-order chi connectivity index (χ1) is 10.8. The van der Waals surface area contributed by atoms with Crippen LogP contribution in [0.4, 0.5) is 0 Å². The van der Waals surface area contributed by atoms with E-state index in [2.05, 4.69) is 20.9 Å². The van der Waals surface area contributed by atoms with Crippen LogP contribution in [0.5, 0.6) is 0 Å². The lowest BCUT2D eigenvalue weighted by molar-refractivity contribution is -0.130. The van der Waals surface area contributed by atoms with Gasteiger partial charge in [-0.3, -0.25) is 14.6 Å². The Kier molecular flexibility index (Phi) is 7.32. The Balaban J connectivity index is 2.28. The number of nitrogens with zero attached hydrogens (tertiary/aromatic N) is 2. The monoisotopic (exact) mass is 325 g/mol. The van der Waals surface area contributed by atoms with Crippen molar-refractivity contribution in [2.24, 2.45) is 10.4 Å². The van der Waals surface area contributed by atoms with Crippen LogP contribution >= 0.6 is 0 Å². The highest BCUT2D eigenvalue weighted by atomic mass is 16.2. The van der Waals surface area contributed by atoms with Crippen LogP contribution in [-0.4, -0.2) is 61.9 Å². The molecule has 0 spiro atoms. The van der Waals surface area contributed by atoms with E-state index < -0.39 is 0 Å². The highest BCUT2D eigenvalue weighted by molar-refractivity contribution is 5.82. The lowest BCUT2D eigenvalue weighted by Crippen LogP contribution is -2.47. The summed E-state index contributed by atoms with van der Waals surface area (Å²) in [6.07, 6.45) is 1.47. The second-order valence-electron chi connectivity index (χ2n) is 6.83. The molecule has 2 amide bonds. The third-order valence-electron chi connectivity index (χ3n) is 3.79. The zero-order valence-electron chi connectivity index (χ0n) is 15.0. The Bertz CT molecular complexity index is 442. The first-order valence-electron chi connectivity index (χ1n) is 8.31. The Morgan fingerprint density at radius 3 is 2.43 bits per heavy atom. The van der Waals surface area contributed by atoms with Crippen LogP contribution < -0.4 is 16.0 Å². The summed E-state index contributed by atoms with van der Waals surface area (Å²) in [5.74, 6) is 0.930. The zero-order chi connectivity index (χ0) is 17.5. The fraction of sp³-hybridized carbons (Fsp3) is 0.812. The lowest BCUT2D eigenvalue weighted by Gasteiger charge is -2.20. The van der Waals surface area contributed by atoms with Gasteiger partial charge >= 0.3 is 0 Å². The van der Waals surface area contributed by atoms with Gasteiger partial charge in [-0.05, 0) is 6.42 Å². The van der Waals surface area contributed by atoms with Crippen LogP contribution in [0.3, 0.4) is 0 Å². The predicted octanol–water partition coefficient (Wildman–Crippen LogP) is 0.325. The van der Waals surface area contributed by atoms with Crippen LogP contribution in [0.1, 0.15) is 40.5 Å². The molecule has 1 rings (SSSR count). The summed E-state index contributed by atoms with van der Waals surface area (Å²) in [6.45, 7) is 10.2. The maximum absolute atomic E-state index is 11.8. The molecule has 0 radical (unpaired) electrons. The van der Waals surface area contributed by atoms with E-state index in [-0.39, 0.29) is 23.3 Å². The topological polar surface area (TPSA) is 85.8 Å². The van der Waals surface area contributed by atoms with Crippen molar-refractivity contribution in [3.05, 3.63) is 0 Å². The van der Waals surface area contributed by atoms with Crippen molar-refractivity contribution in [1.29, 1.82) is 0 Å². The Morgan fingerprint density at radius 2 is 1.87 bits per heavy atom. The molecular weight excluding hydrogens is 294 g/mol.